The quantitative estimate of drug-likeness (QED) is 0.560. The van der Waals surface area contributed by atoms with Gasteiger partial charge in [0.25, 0.3) is 0 Å². The van der Waals surface area contributed by atoms with Gasteiger partial charge in [0, 0.05) is 13.1 Å². The molecule has 3 N–H and O–H groups in total. The minimum atomic E-state index is -0.524. The van der Waals surface area contributed by atoms with Crippen molar-refractivity contribution in [2.24, 2.45) is 0 Å². The molecule has 8 nitrogen and oxygen atoms in total. The fourth-order valence-corrected chi connectivity index (χ4v) is 1.72. The molecule has 8 heteroatoms. The van der Waals surface area contributed by atoms with Gasteiger partial charge in [0.2, 0.25) is 11.8 Å². The smallest absolute Gasteiger partial charge is 0.332 e. The molecule has 100 valence electrons. The first-order chi connectivity index (χ1) is 8.51. The van der Waals surface area contributed by atoms with Gasteiger partial charge in [-0.2, -0.15) is 4.98 Å². The van der Waals surface area contributed by atoms with Crippen LogP contribution in [0.3, 0.4) is 0 Å². The first-order valence-electron chi connectivity index (χ1n) is 5.65. The monoisotopic (exact) mass is 255 g/mol. The molecule has 0 saturated heterocycles. The maximum Gasteiger partial charge on any atom is 0.332 e. The molecule has 0 atom stereocenters. The highest BCUT2D eigenvalue weighted by Gasteiger charge is 2.25. The van der Waals surface area contributed by atoms with Crippen LogP contribution in [0.25, 0.3) is 0 Å². The molecular formula is C10H17N5O3. The minimum absolute atomic E-state index is 0.00728. The van der Waals surface area contributed by atoms with Crippen molar-refractivity contribution in [3.05, 3.63) is 15.8 Å². The van der Waals surface area contributed by atoms with Crippen molar-refractivity contribution in [2.75, 3.05) is 30.3 Å². The summed E-state index contributed by atoms with van der Waals surface area (Å²) in [6.07, 6.45) is 0.778. The summed E-state index contributed by atoms with van der Waals surface area (Å²) in [5, 5.41) is 20.1. The lowest BCUT2D eigenvalue weighted by Gasteiger charge is -2.22. The molecule has 0 bridgehead atoms. The summed E-state index contributed by atoms with van der Waals surface area (Å²) in [7, 11) is 0. The summed E-state index contributed by atoms with van der Waals surface area (Å²) in [4.78, 5) is 19.9. The third-order valence-corrected chi connectivity index (χ3v) is 2.40. The van der Waals surface area contributed by atoms with Gasteiger partial charge in [0.15, 0.2) is 0 Å². The highest BCUT2D eigenvalue weighted by Crippen LogP contribution is 2.29. The lowest BCUT2D eigenvalue weighted by atomic mass is 10.3. The summed E-state index contributed by atoms with van der Waals surface area (Å²) >= 11 is 0. The summed E-state index contributed by atoms with van der Waals surface area (Å²) in [6, 6.07) is 0. The van der Waals surface area contributed by atoms with Crippen LogP contribution in [0.2, 0.25) is 0 Å². The van der Waals surface area contributed by atoms with Crippen molar-refractivity contribution in [1.82, 2.24) is 9.97 Å². The molecule has 0 saturated carbocycles. The molecule has 0 spiro atoms. The second-order valence-electron chi connectivity index (χ2n) is 3.81. The maximum absolute atomic E-state index is 11.1. The Kier molecular flexibility index (Phi) is 4.78. The van der Waals surface area contributed by atoms with Crippen LogP contribution in [0.4, 0.5) is 17.5 Å². The van der Waals surface area contributed by atoms with E-state index in [1.807, 2.05) is 6.92 Å². The average Bonchev–Trinajstić information content (AvgIpc) is 2.26. The highest BCUT2D eigenvalue weighted by molar-refractivity contribution is 5.61. The van der Waals surface area contributed by atoms with Crippen LogP contribution in [0.15, 0.2) is 0 Å². The van der Waals surface area contributed by atoms with Gasteiger partial charge in [-0.15, -0.1) is 0 Å². The Hall–Kier alpha value is -1.96. The standard InChI is InChI=1S/C10H17N5O3/c1-3-4-14(5-6-16)9-8(15(17)18)7(2)12-10(11)13-9/h16H,3-6H2,1-2H3,(H2,11,12,13). The van der Waals surface area contributed by atoms with Crippen LogP contribution >= 0.6 is 0 Å². The van der Waals surface area contributed by atoms with Gasteiger partial charge < -0.3 is 15.7 Å². The highest BCUT2D eigenvalue weighted by atomic mass is 16.6. The normalized spacial score (nSPS) is 10.4. The van der Waals surface area contributed by atoms with Crippen LogP contribution in [-0.4, -0.2) is 39.7 Å². The fraction of sp³-hybridized carbons (Fsp3) is 0.600. The van der Waals surface area contributed by atoms with Crippen molar-refractivity contribution in [3.8, 4) is 0 Å². The number of aliphatic hydroxyl groups excluding tert-OH is 1. The SMILES string of the molecule is CCCN(CCO)c1nc(N)nc(C)c1[N+](=O)[O-]. The lowest BCUT2D eigenvalue weighted by Crippen LogP contribution is -2.29. The van der Waals surface area contributed by atoms with Crippen molar-refractivity contribution in [1.29, 1.82) is 0 Å². The fourth-order valence-electron chi connectivity index (χ4n) is 1.72. The Morgan fingerprint density at radius 2 is 2.11 bits per heavy atom. The van der Waals surface area contributed by atoms with Gasteiger partial charge in [-0.3, -0.25) is 10.1 Å². The Balaban J connectivity index is 3.29. The van der Waals surface area contributed by atoms with E-state index in [1.165, 1.54) is 6.92 Å². The number of rotatable bonds is 6. The molecule has 0 unspecified atom stereocenters. The largest absolute Gasteiger partial charge is 0.395 e. The molecular weight excluding hydrogens is 238 g/mol. The lowest BCUT2D eigenvalue weighted by molar-refractivity contribution is -0.385. The van der Waals surface area contributed by atoms with E-state index in [0.717, 1.165) is 6.42 Å². The molecule has 1 aromatic heterocycles. The molecule has 1 rings (SSSR count). The number of nitrogens with zero attached hydrogens (tertiary/aromatic N) is 4. The molecule has 1 heterocycles. The molecule has 0 radical (unpaired) electrons. The predicted octanol–water partition coefficient (Wildman–Crippen LogP) is 0.484. The molecule has 0 fully saturated rings. The molecule has 1 aromatic rings. The minimum Gasteiger partial charge on any atom is -0.395 e. The number of nitro groups is 1. The van der Waals surface area contributed by atoms with Gasteiger partial charge in [-0.25, -0.2) is 4.98 Å². The predicted molar refractivity (Wildman–Crippen MR) is 67.4 cm³/mol. The summed E-state index contributed by atoms with van der Waals surface area (Å²) in [5.41, 5.74) is 5.59. The number of aryl methyl sites for hydroxylation is 1. The third-order valence-electron chi connectivity index (χ3n) is 2.40. The number of aromatic nitrogens is 2. The van der Waals surface area contributed by atoms with Gasteiger partial charge in [0.1, 0.15) is 5.69 Å². The number of nitrogen functional groups attached to an aromatic ring is 1. The zero-order valence-electron chi connectivity index (χ0n) is 10.5. The van der Waals surface area contributed by atoms with E-state index in [2.05, 4.69) is 9.97 Å². The maximum atomic E-state index is 11.1. The van der Waals surface area contributed by atoms with E-state index in [4.69, 9.17) is 10.8 Å². The number of hydrogen-bond acceptors (Lipinski definition) is 7. The summed E-state index contributed by atoms with van der Waals surface area (Å²) in [6.45, 7) is 4.17. The summed E-state index contributed by atoms with van der Waals surface area (Å²) < 4.78 is 0. The van der Waals surface area contributed by atoms with Gasteiger partial charge in [-0.1, -0.05) is 6.92 Å². The van der Waals surface area contributed by atoms with Crippen LogP contribution in [-0.2, 0) is 0 Å². The summed E-state index contributed by atoms with van der Waals surface area (Å²) in [5.74, 6) is 0.160. The Bertz CT molecular complexity index is 432. The van der Waals surface area contributed by atoms with E-state index in [9.17, 15) is 10.1 Å². The first kappa shape index (κ1) is 14.1. The molecule has 0 amide bonds. The second kappa shape index (κ2) is 6.10. The van der Waals surface area contributed by atoms with Crippen molar-refractivity contribution in [3.63, 3.8) is 0 Å². The zero-order valence-corrected chi connectivity index (χ0v) is 10.5. The van der Waals surface area contributed by atoms with Gasteiger partial charge in [0.05, 0.1) is 11.5 Å². The van der Waals surface area contributed by atoms with Crippen molar-refractivity contribution >= 4 is 17.5 Å². The van der Waals surface area contributed by atoms with Crippen LogP contribution in [0, 0.1) is 17.0 Å². The van der Waals surface area contributed by atoms with Gasteiger partial charge in [-0.05, 0) is 13.3 Å². The average molecular weight is 255 g/mol. The topological polar surface area (TPSA) is 118 Å². The van der Waals surface area contributed by atoms with Crippen molar-refractivity contribution in [2.45, 2.75) is 20.3 Å². The van der Waals surface area contributed by atoms with Gasteiger partial charge >= 0.3 is 5.69 Å². The van der Waals surface area contributed by atoms with E-state index in [-0.39, 0.29) is 36.3 Å². The van der Waals surface area contributed by atoms with E-state index >= 15 is 0 Å². The molecule has 0 aliphatic heterocycles. The van der Waals surface area contributed by atoms with Crippen LogP contribution in [0.1, 0.15) is 19.0 Å². The van der Waals surface area contributed by atoms with Crippen LogP contribution in [0.5, 0.6) is 0 Å². The van der Waals surface area contributed by atoms with Crippen molar-refractivity contribution < 1.29 is 10.0 Å². The Morgan fingerprint density at radius 1 is 1.44 bits per heavy atom. The van der Waals surface area contributed by atoms with E-state index in [0.29, 0.717) is 6.54 Å². The number of aliphatic hydroxyl groups is 1. The number of hydrogen-bond donors (Lipinski definition) is 2. The molecule has 0 aliphatic carbocycles. The molecule has 0 aromatic carbocycles. The van der Waals surface area contributed by atoms with E-state index in [1.54, 1.807) is 4.90 Å². The first-order valence-corrected chi connectivity index (χ1v) is 5.65. The zero-order chi connectivity index (χ0) is 13.7. The number of nitrogens with two attached hydrogens (primary N) is 1. The number of anilines is 2. The molecule has 0 aliphatic rings. The Labute approximate surface area is 105 Å². The second-order valence-corrected chi connectivity index (χ2v) is 3.81. The third kappa shape index (κ3) is 3.04. The van der Waals surface area contributed by atoms with E-state index < -0.39 is 4.92 Å². The molecule has 18 heavy (non-hydrogen) atoms. The van der Waals surface area contributed by atoms with Crippen LogP contribution < -0.4 is 10.6 Å². The Morgan fingerprint density at radius 3 is 2.61 bits per heavy atom.